The summed E-state index contributed by atoms with van der Waals surface area (Å²) in [6.45, 7) is 2.23. The summed E-state index contributed by atoms with van der Waals surface area (Å²) in [5.74, 6) is -0.838. The third-order valence-corrected chi connectivity index (χ3v) is 3.23. The van der Waals surface area contributed by atoms with Crippen LogP contribution in [-0.4, -0.2) is 0 Å². The van der Waals surface area contributed by atoms with Crippen LogP contribution in [0.25, 0.3) is 0 Å². The molecule has 0 aliphatic carbocycles. The molecule has 1 atom stereocenters. The maximum absolute atomic E-state index is 13.5. The Morgan fingerprint density at radius 2 is 1.79 bits per heavy atom. The molecule has 0 bridgehead atoms. The lowest BCUT2D eigenvalue weighted by molar-refractivity contribution is 0.535. The topological polar surface area (TPSA) is 12.0 Å². The van der Waals surface area contributed by atoms with Crippen LogP contribution in [0.15, 0.2) is 42.5 Å². The number of halogens is 3. The van der Waals surface area contributed by atoms with Gasteiger partial charge in [0.1, 0.15) is 11.6 Å². The van der Waals surface area contributed by atoms with E-state index in [1.807, 2.05) is 19.1 Å². The molecule has 0 fully saturated rings. The molecule has 0 spiro atoms. The SMILES string of the molecule is C[C@H](NCc1cc(F)ccc1F)c1ccc(Cl)cc1. The molecule has 0 aliphatic heterocycles. The van der Waals surface area contributed by atoms with Gasteiger partial charge in [0, 0.05) is 23.2 Å². The highest BCUT2D eigenvalue weighted by Gasteiger charge is 2.08. The van der Waals surface area contributed by atoms with Gasteiger partial charge < -0.3 is 5.32 Å². The summed E-state index contributed by atoms with van der Waals surface area (Å²) in [6, 6.07) is 10.9. The molecule has 4 heteroatoms. The fraction of sp³-hybridized carbons (Fsp3) is 0.200. The highest BCUT2D eigenvalue weighted by Crippen LogP contribution is 2.17. The third-order valence-electron chi connectivity index (χ3n) is 2.98. The van der Waals surface area contributed by atoms with E-state index in [2.05, 4.69) is 5.32 Å². The summed E-state index contributed by atoms with van der Waals surface area (Å²) in [5.41, 5.74) is 1.36. The minimum absolute atomic E-state index is 0.0277. The molecule has 0 heterocycles. The summed E-state index contributed by atoms with van der Waals surface area (Å²) in [4.78, 5) is 0. The van der Waals surface area contributed by atoms with Crippen LogP contribution in [0.5, 0.6) is 0 Å². The van der Waals surface area contributed by atoms with Crippen LogP contribution >= 0.6 is 11.6 Å². The van der Waals surface area contributed by atoms with E-state index in [1.54, 1.807) is 12.1 Å². The fourth-order valence-electron chi connectivity index (χ4n) is 1.81. The Kier molecular flexibility index (Phi) is 4.51. The first-order valence-corrected chi connectivity index (χ1v) is 6.37. The van der Waals surface area contributed by atoms with Gasteiger partial charge in [-0.3, -0.25) is 0 Å². The highest BCUT2D eigenvalue weighted by atomic mass is 35.5. The van der Waals surface area contributed by atoms with E-state index in [9.17, 15) is 8.78 Å². The lowest BCUT2D eigenvalue weighted by Gasteiger charge is -2.14. The molecule has 2 aromatic carbocycles. The van der Waals surface area contributed by atoms with Crippen molar-refractivity contribution in [2.45, 2.75) is 19.5 Å². The van der Waals surface area contributed by atoms with Crippen LogP contribution in [0.2, 0.25) is 5.02 Å². The molecule has 2 rings (SSSR count). The van der Waals surface area contributed by atoms with E-state index < -0.39 is 11.6 Å². The summed E-state index contributed by atoms with van der Waals surface area (Å²) in [6.07, 6.45) is 0. The predicted octanol–water partition coefficient (Wildman–Crippen LogP) is 4.47. The van der Waals surface area contributed by atoms with Crippen LogP contribution < -0.4 is 5.32 Å². The first kappa shape index (κ1) is 14.0. The predicted molar refractivity (Wildman–Crippen MR) is 73.1 cm³/mol. The van der Waals surface area contributed by atoms with E-state index in [1.165, 1.54) is 6.07 Å². The number of hydrogen-bond acceptors (Lipinski definition) is 1. The van der Waals surface area contributed by atoms with E-state index in [4.69, 9.17) is 11.6 Å². The molecule has 100 valence electrons. The van der Waals surface area contributed by atoms with Crippen molar-refractivity contribution >= 4 is 11.6 Å². The maximum Gasteiger partial charge on any atom is 0.127 e. The van der Waals surface area contributed by atoms with E-state index >= 15 is 0 Å². The Hall–Kier alpha value is -1.45. The Morgan fingerprint density at radius 1 is 1.11 bits per heavy atom. The summed E-state index contributed by atoms with van der Waals surface area (Å²) in [5, 5.41) is 3.83. The lowest BCUT2D eigenvalue weighted by Crippen LogP contribution is -2.18. The van der Waals surface area contributed by atoms with Crippen molar-refractivity contribution < 1.29 is 8.78 Å². The summed E-state index contributed by atoms with van der Waals surface area (Å²) in [7, 11) is 0. The quantitative estimate of drug-likeness (QED) is 0.872. The van der Waals surface area contributed by atoms with Gasteiger partial charge in [0.2, 0.25) is 0 Å². The molecule has 0 aromatic heterocycles. The Balaban J connectivity index is 2.02. The zero-order chi connectivity index (χ0) is 13.8. The number of rotatable bonds is 4. The average Bonchev–Trinajstić information content (AvgIpc) is 2.40. The number of nitrogens with one attached hydrogen (secondary N) is 1. The van der Waals surface area contributed by atoms with Crippen LogP contribution in [0.4, 0.5) is 8.78 Å². The zero-order valence-corrected chi connectivity index (χ0v) is 11.2. The van der Waals surface area contributed by atoms with E-state index in [0.29, 0.717) is 10.6 Å². The van der Waals surface area contributed by atoms with Gasteiger partial charge in [0.15, 0.2) is 0 Å². The van der Waals surface area contributed by atoms with Gasteiger partial charge in [0.25, 0.3) is 0 Å². The molecule has 0 saturated heterocycles. The van der Waals surface area contributed by atoms with Crippen molar-refractivity contribution in [3.05, 3.63) is 70.2 Å². The van der Waals surface area contributed by atoms with Crippen LogP contribution in [0, 0.1) is 11.6 Å². The van der Waals surface area contributed by atoms with Crippen molar-refractivity contribution in [3.63, 3.8) is 0 Å². The Bertz CT molecular complexity index is 555. The fourth-order valence-corrected chi connectivity index (χ4v) is 1.94. The van der Waals surface area contributed by atoms with Gasteiger partial charge in [-0.25, -0.2) is 8.78 Å². The van der Waals surface area contributed by atoms with Gasteiger partial charge >= 0.3 is 0 Å². The van der Waals surface area contributed by atoms with Crippen molar-refractivity contribution in [1.29, 1.82) is 0 Å². The lowest BCUT2D eigenvalue weighted by atomic mass is 10.1. The van der Waals surface area contributed by atoms with Crippen LogP contribution in [0.1, 0.15) is 24.1 Å². The van der Waals surface area contributed by atoms with Crippen LogP contribution in [0.3, 0.4) is 0 Å². The second-order valence-corrected chi connectivity index (χ2v) is 4.83. The molecule has 0 saturated carbocycles. The Morgan fingerprint density at radius 3 is 2.47 bits per heavy atom. The molecule has 1 N–H and O–H groups in total. The first-order valence-electron chi connectivity index (χ1n) is 5.99. The Labute approximate surface area is 116 Å². The molecule has 0 amide bonds. The highest BCUT2D eigenvalue weighted by molar-refractivity contribution is 6.30. The monoisotopic (exact) mass is 281 g/mol. The molecule has 0 aliphatic rings. The molecular weight excluding hydrogens is 268 g/mol. The molecule has 0 radical (unpaired) electrons. The average molecular weight is 282 g/mol. The third kappa shape index (κ3) is 3.75. The molecule has 1 nitrogen and oxygen atoms in total. The van der Waals surface area contributed by atoms with Gasteiger partial charge in [-0.05, 0) is 42.8 Å². The van der Waals surface area contributed by atoms with Crippen LogP contribution in [-0.2, 0) is 6.54 Å². The smallest absolute Gasteiger partial charge is 0.127 e. The van der Waals surface area contributed by atoms with Gasteiger partial charge in [-0.15, -0.1) is 0 Å². The largest absolute Gasteiger partial charge is 0.306 e. The van der Waals surface area contributed by atoms with Gasteiger partial charge in [-0.2, -0.15) is 0 Å². The standard InChI is InChI=1S/C15H14ClF2N/c1-10(11-2-4-13(16)5-3-11)19-9-12-8-14(17)6-7-15(12)18/h2-8,10,19H,9H2,1H3/t10-/m0/s1. The second-order valence-electron chi connectivity index (χ2n) is 4.39. The normalized spacial score (nSPS) is 12.4. The molecule has 2 aromatic rings. The van der Waals surface area contributed by atoms with Crippen molar-refractivity contribution in [3.8, 4) is 0 Å². The molecule has 0 unspecified atom stereocenters. The van der Waals surface area contributed by atoms with Crippen molar-refractivity contribution in [2.24, 2.45) is 0 Å². The summed E-state index contributed by atoms with van der Waals surface area (Å²) < 4.78 is 26.5. The minimum atomic E-state index is -0.433. The zero-order valence-electron chi connectivity index (χ0n) is 10.5. The number of benzene rings is 2. The van der Waals surface area contributed by atoms with Gasteiger partial charge in [-0.1, -0.05) is 23.7 Å². The molecular formula is C15H14ClF2N. The van der Waals surface area contributed by atoms with Crippen molar-refractivity contribution in [1.82, 2.24) is 5.32 Å². The van der Waals surface area contributed by atoms with Gasteiger partial charge in [0.05, 0.1) is 0 Å². The summed E-state index contributed by atoms with van der Waals surface area (Å²) >= 11 is 5.82. The maximum atomic E-state index is 13.5. The van der Waals surface area contributed by atoms with E-state index in [-0.39, 0.29) is 12.6 Å². The number of hydrogen-bond donors (Lipinski definition) is 1. The van der Waals surface area contributed by atoms with E-state index in [0.717, 1.165) is 17.7 Å². The first-order chi connectivity index (χ1) is 9.06. The molecule has 19 heavy (non-hydrogen) atoms. The second kappa shape index (κ2) is 6.13. The minimum Gasteiger partial charge on any atom is -0.306 e. The van der Waals surface area contributed by atoms with Crippen molar-refractivity contribution in [2.75, 3.05) is 0 Å².